The molecule has 2 aromatic heterocycles. The molecule has 4 rings (SSSR count). The van der Waals surface area contributed by atoms with E-state index in [0.29, 0.717) is 23.3 Å². The Labute approximate surface area is 214 Å². The molecule has 5 N–H and O–H groups in total. The summed E-state index contributed by atoms with van der Waals surface area (Å²) in [6, 6.07) is 11.4. The van der Waals surface area contributed by atoms with Crippen molar-refractivity contribution in [1.29, 1.82) is 0 Å². The largest absolute Gasteiger partial charge is 0.497 e. The second-order valence-electron chi connectivity index (χ2n) is 8.36. The van der Waals surface area contributed by atoms with Gasteiger partial charge in [-0.1, -0.05) is 11.6 Å². The first kappa shape index (κ1) is 24.9. The molecule has 0 bridgehead atoms. The van der Waals surface area contributed by atoms with Crippen LogP contribution in [0.25, 0.3) is 21.7 Å². The number of aryl methyl sites for hydroxylation is 2. The standard InChI is InChI=1S/C27H27ClN6O2/c1-15-8-22-21(6-7-32-26(22)30)16(2)23(15)14-33-27(35)19(11-29)13-31-12-18-9-17-4-5-20(36-3)10-24(17)34-25(18)28/h4-11,13H,12,14,29H2,1-3H3,(H2,30,32)(H,33,35)/b19-11+,31-13?. The first-order valence-corrected chi connectivity index (χ1v) is 11.7. The van der Waals surface area contributed by atoms with Crippen LogP contribution in [-0.4, -0.2) is 29.2 Å². The Hall–Kier alpha value is -4.17. The number of amides is 1. The predicted octanol–water partition coefficient (Wildman–Crippen LogP) is 4.37. The van der Waals surface area contributed by atoms with Crippen molar-refractivity contribution in [2.24, 2.45) is 10.7 Å². The van der Waals surface area contributed by atoms with Crippen LogP contribution in [0.5, 0.6) is 5.75 Å². The van der Waals surface area contributed by atoms with E-state index in [9.17, 15) is 4.79 Å². The van der Waals surface area contributed by atoms with Crippen LogP contribution in [0.1, 0.15) is 22.3 Å². The Bertz CT molecular complexity index is 1530. The number of halogens is 1. The van der Waals surface area contributed by atoms with E-state index in [1.54, 1.807) is 13.3 Å². The van der Waals surface area contributed by atoms with Crippen molar-refractivity contribution in [3.05, 3.63) is 81.8 Å². The molecule has 184 valence electrons. The molecule has 9 heteroatoms. The highest BCUT2D eigenvalue weighted by atomic mass is 35.5. The minimum Gasteiger partial charge on any atom is -0.497 e. The van der Waals surface area contributed by atoms with Gasteiger partial charge in [0.15, 0.2) is 0 Å². The zero-order chi connectivity index (χ0) is 25.8. The molecule has 0 saturated carbocycles. The maximum Gasteiger partial charge on any atom is 0.254 e. The van der Waals surface area contributed by atoms with E-state index in [1.165, 1.54) is 12.4 Å². The minimum absolute atomic E-state index is 0.245. The average molecular weight is 503 g/mol. The predicted molar refractivity (Wildman–Crippen MR) is 145 cm³/mol. The molecule has 0 unspecified atom stereocenters. The summed E-state index contributed by atoms with van der Waals surface area (Å²) < 4.78 is 5.23. The highest BCUT2D eigenvalue weighted by molar-refractivity contribution is 6.30. The highest BCUT2D eigenvalue weighted by Gasteiger charge is 2.13. The van der Waals surface area contributed by atoms with Gasteiger partial charge in [0.25, 0.3) is 5.91 Å². The monoisotopic (exact) mass is 502 g/mol. The van der Waals surface area contributed by atoms with Crippen molar-refractivity contribution in [2.75, 3.05) is 12.8 Å². The van der Waals surface area contributed by atoms with Crippen molar-refractivity contribution in [3.8, 4) is 5.75 Å². The van der Waals surface area contributed by atoms with Crippen LogP contribution in [0.2, 0.25) is 5.15 Å². The molecule has 1 amide bonds. The number of aromatic nitrogens is 2. The van der Waals surface area contributed by atoms with Crippen molar-refractivity contribution in [3.63, 3.8) is 0 Å². The molecule has 0 atom stereocenters. The van der Waals surface area contributed by atoms with Crippen LogP contribution in [0.4, 0.5) is 5.82 Å². The summed E-state index contributed by atoms with van der Waals surface area (Å²) in [4.78, 5) is 25.8. The van der Waals surface area contributed by atoms with Gasteiger partial charge in [-0.2, -0.15) is 0 Å². The summed E-state index contributed by atoms with van der Waals surface area (Å²) >= 11 is 6.35. The lowest BCUT2D eigenvalue weighted by Crippen LogP contribution is -2.26. The zero-order valence-electron chi connectivity index (χ0n) is 20.3. The third kappa shape index (κ3) is 5.08. The van der Waals surface area contributed by atoms with Gasteiger partial charge in [-0.05, 0) is 66.3 Å². The second-order valence-corrected chi connectivity index (χ2v) is 8.72. The van der Waals surface area contributed by atoms with Gasteiger partial charge in [-0.3, -0.25) is 9.79 Å². The van der Waals surface area contributed by atoms with Gasteiger partial charge >= 0.3 is 0 Å². The van der Waals surface area contributed by atoms with Crippen LogP contribution in [0, 0.1) is 13.8 Å². The van der Waals surface area contributed by atoms with E-state index in [0.717, 1.165) is 43.9 Å². The number of ether oxygens (including phenoxy) is 1. The molecule has 0 fully saturated rings. The SMILES string of the molecule is COc1ccc2cc(CN=C/C(=C\N)C(=O)NCc3c(C)cc4c(N)nccc4c3C)c(Cl)nc2c1. The second kappa shape index (κ2) is 10.6. The summed E-state index contributed by atoms with van der Waals surface area (Å²) in [6.45, 7) is 4.58. The van der Waals surface area contributed by atoms with Crippen LogP contribution < -0.4 is 21.5 Å². The summed E-state index contributed by atoms with van der Waals surface area (Å²) in [5.74, 6) is 0.861. The Morgan fingerprint density at radius 2 is 2.00 bits per heavy atom. The van der Waals surface area contributed by atoms with Gasteiger partial charge in [0.05, 0.1) is 24.7 Å². The lowest BCUT2D eigenvalue weighted by molar-refractivity contribution is -0.117. The molecule has 8 nitrogen and oxygen atoms in total. The summed E-state index contributed by atoms with van der Waals surface area (Å²) in [5, 5.41) is 6.09. The lowest BCUT2D eigenvalue weighted by Gasteiger charge is -2.15. The number of rotatable bonds is 7. The van der Waals surface area contributed by atoms with Crippen molar-refractivity contribution in [1.82, 2.24) is 15.3 Å². The molecule has 36 heavy (non-hydrogen) atoms. The Morgan fingerprint density at radius 3 is 2.75 bits per heavy atom. The van der Waals surface area contributed by atoms with Crippen molar-refractivity contribution >= 4 is 51.2 Å². The average Bonchev–Trinajstić information content (AvgIpc) is 2.87. The highest BCUT2D eigenvalue weighted by Crippen LogP contribution is 2.28. The number of methoxy groups -OCH3 is 1. The summed E-state index contributed by atoms with van der Waals surface area (Å²) in [6.07, 6.45) is 4.36. The quantitative estimate of drug-likeness (QED) is 0.195. The molecule has 0 aliphatic rings. The van der Waals surface area contributed by atoms with E-state index in [4.69, 9.17) is 27.8 Å². The fourth-order valence-corrected chi connectivity index (χ4v) is 4.30. The van der Waals surface area contributed by atoms with E-state index in [1.807, 2.05) is 50.2 Å². The molecule has 0 radical (unpaired) electrons. The first-order valence-electron chi connectivity index (χ1n) is 11.3. The number of nitrogens with one attached hydrogen (secondary N) is 1. The molecule has 0 saturated heterocycles. The maximum absolute atomic E-state index is 12.8. The van der Waals surface area contributed by atoms with Crippen molar-refractivity contribution in [2.45, 2.75) is 26.9 Å². The first-order chi connectivity index (χ1) is 17.3. The maximum atomic E-state index is 12.8. The Kier molecular flexibility index (Phi) is 7.36. The number of aliphatic imine (C=N–C) groups is 1. The molecular weight excluding hydrogens is 476 g/mol. The van der Waals surface area contributed by atoms with Gasteiger partial charge in [-0.25, -0.2) is 9.97 Å². The number of hydrogen-bond acceptors (Lipinski definition) is 7. The van der Waals surface area contributed by atoms with Crippen LogP contribution in [0.3, 0.4) is 0 Å². The third-order valence-corrected chi connectivity index (χ3v) is 6.45. The lowest BCUT2D eigenvalue weighted by atomic mass is 9.96. The van der Waals surface area contributed by atoms with E-state index in [2.05, 4.69) is 20.3 Å². The number of pyridine rings is 2. The Morgan fingerprint density at radius 1 is 1.19 bits per heavy atom. The normalized spacial score (nSPS) is 11.9. The third-order valence-electron chi connectivity index (χ3n) is 6.12. The molecule has 0 aliphatic carbocycles. The van der Waals surface area contributed by atoms with Gasteiger partial charge in [0, 0.05) is 47.6 Å². The zero-order valence-corrected chi connectivity index (χ0v) is 21.1. The summed E-state index contributed by atoms with van der Waals surface area (Å²) in [5.41, 5.74) is 16.5. The van der Waals surface area contributed by atoms with E-state index in [-0.39, 0.29) is 18.0 Å². The molecule has 4 aromatic rings. The molecule has 2 aromatic carbocycles. The molecule has 2 heterocycles. The number of fused-ring (bicyclic) bond motifs is 2. The number of nitrogens with zero attached hydrogens (tertiary/aromatic N) is 3. The van der Waals surface area contributed by atoms with E-state index >= 15 is 0 Å². The number of hydrogen-bond donors (Lipinski definition) is 3. The number of carbonyl (C=O) groups excluding carboxylic acids is 1. The molecule has 0 aliphatic heterocycles. The number of benzene rings is 2. The molecule has 0 spiro atoms. The van der Waals surface area contributed by atoms with Crippen molar-refractivity contribution < 1.29 is 9.53 Å². The van der Waals surface area contributed by atoms with Gasteiger partial charge in [0.2, 0.25) is 0 Å². The smallest absolute Gasteiger partial charge is 0.254 e. The molecular formula is C27H27ClN6O2. The van der Waals surface area contributed by atoms with Gasteiger partial charge in [0.1, 0.15) is 16.7 Å². The summed E-state index contributed by atoms with van der Waals surface area (Å²) in [7, 11) is 1.60. The minimum atomic E-state index is -0.329. The number of anilines is 1. The van der Waals surface area contributed by atoms with Gasteiger partial charge < -0.3 is 21.5 Å². The number of nitrogen functional groups attached to an aromatic ring is 1. The van der Waals surface area contributed by atoms with E-state index < -0.39 is 0 Å². The fraction of sp³-hybridized carbons (Fsp3) is 0.185. The fourth-order valence-electron chi connectivity index (χ4n) is 4.10. The number of carbonyl (C=O) groups is 1. The topological polar surface area (TPSA) is 129 Å². The van der Waals surface area contributed by atoms with Crippen LogP contribution in [-0.2, 0) is 17.9 Å². The van der Waals surface area contributed by atoms with Crippen LogP contribution >= 0.6 is 11.6 Å². The van der Waals surface area contributed by atoms with Gasteiger partial charge in [-0.15, -0.1) is 0 Å². The van der Waals surface area contributed by atoms with Crippen LogP contribution in [0.15, 0.2) is 59.4 Å². The number of nitrogens with two attached hydrogens (primary N) is 2. The Balaban J connectivity index is 1.45.